The van der Waals surface area contributed by atoms with E-state index in [0.29, 0.717) is 5.58 Å². The lowest BCUT2D eigenvalue weighted by Gasteiger charge is -2.27. The number of nitrogens with zero attached hydrogens (tertiary/aromatic N) is 1. The van der Waals surface area contributed by atoms with Crippen LogP contribution in [0, 0.1) is 0 Å². The van der Waals surface area contributed by atoms with Crippen LogP contribution in [0.4, 0.5) is 5.69 Å². The highest BCUT2D eigenvalue weighted by Crippen LogP contribution is 2.34. The van der Waals surface area contributed by atoms with E-state index in [0.717, 1.165) is 24.8 Å². The molecule has 2 aromatic rings. The van der Waals surface area contributed by atoms with Gasteiger partial charge in [0.2, 0.25) is 5.76 Å². The fraction of sp³-hybridized carbons (Fsp3) is 0.308. The predicted octanol–water partition coefficient (Wildman–Crippen LogP) is 2.51. The molecule has 0 saturated heterocycles. The molecule has 4 heteroatoms. The molecule has 1 aromatic carbocycles. The second kappa shape index (κ2) is 3.52. The van der Waals surface area contributed by atoms with Crippen LogP contribution in [-0.4, -0.2) is 24.7 Å². The van der Waals surface area contributed by atoms with Crippen molar-refractivity contribution < 1.29 is 14.3 Å². The van der Waals surface area contributed by atoms with Crippen LogP contribution in [0.3, 0.4) is 0 Å². The Morgan fingerprint density at radius 3 is 3.06 bits per heavy atom. The standard InChI is InChI=1S/C13H13NO3/c1-14-6-2-3-8-9-7-12(13(15)16)17-11(9)5-4-10(8)14/h4-5,7H,2-3,6H2,1H3,(H,15,16). The summed E-state index contributed by atoms with van der Waals surface area (Å²) in [6, 6.07) is 5.49. The van der Waals surface area contributed by atoms with Crippen LogP contribution >= 0.6 is 0 Å². The largest absolute Gasteiger partial charge is 0.475 e. The summed E-state index contributed by atoms with van der Waals surface area (Å²) in [5, 5.41) is 9.87. The summed E-state index contributed by atoms with van der Waals surface area (Å²) >= 11 is 0. The number of carboxylic acids is 1. The van der Waals surface area contributed by atoms with Gasteiger partial charge in [0.15, 0.2) is 0 Å². The third-order valence-electron chi connectivity index (χ3n) is 3.33. The first kappa shape index (κ1) is 10.2. The van der Waals surface area contributed by atoms with E-state index in [1.54, 1.807) is 6.07 Å². The van der Waals surface area contributed by atoms with E-state index in [9.17, 15) is 4.79 Å². The Balaban J connectivity index is 2.26. The minimum Gasteiger partial charge on any atom is -0.475 e. The Bertz CT molecular complexity index is 600. The second-order valence-electron chi connectivity index (χ2n) is 4.42. The minimum absolute atomic E-state index is 0.0154. The summed E-state index contributed by atoms with van der Waals surface area (Å²) in [7, 11) is 2.06. The molecule has 1 aliphatic rings. The average molecular weight is 231 g/mol. The van der Waals surface area contributed by atoms with Crippen LogP contribution in [0.1, 0.15) is 22.5 Å². The Morgan fingerprint density at radius 2 is 2.29 bits per heavy atom. The van der Waals surface area contributed by atoms with Gasteiger partial charge in [0.1, 0.15) is 5.58 Å². The number of carbonyl (C=O) groups is 1. The maximum Gasteiger partial charge on any atom is 0.371 e. The van der Waals surface area contributed by atoms with Crippen molar-refractivity contribution in [2.24, 2.45) is 0 Å². The van der Waals surface area contributed by atoms with Gasteiger partial charge in [-0.1, -0.05) is 0 Å². The molecule has 0 aliphatic carbocycles. The van der Waals surface area contributed by atoms with Gasteiger partial charge < -0.3 is 14.4 Å². The quantitative estimate of drug-likeness (QED) is 0.819. The molecule has 0 atom stereocenters. The number of furan rings is 1. The molecule has 0 fully saturated rings. The van der Waals surface area contributed by atoms with Crippen molar-refractivity contribution >= 4 is 22.6 Å². The van der Waals surface area contributed by atoms with Gasteiger partial charge in [-0.15, -0.1) is 0 Å². The number of aromatic carboxylic acids is 1. The lowest BCUT2D eigenvalue weighted by Crippen LogP contribution is -2.24. The molecule has 1 N–H and O–H groups in total. The molecule has 3 rings (SSSR count). The molecule has 0 saturated carbocycles. The van der Waals surface area contributed by atoms with Gasteiger partial charge in [0, 0.05) is 24.7 Å². The van der Waals surface area contributed by atoms with Crippen LogP contribution in [0.25, 0.3) is 11.0 Å². The number of rotatable bonds is 1. The Labute approximate surface area is 98.4 Å². The molecular formula is C13H13NO3. The third kappa shape index (κ3) is 1.48. The van der Waals surface area contributed by atoms with E-state index in [2.05, 4.69) is 11.9 Å². The molecule has 0 unspecified atom stereocenters. The summed E-state index contributed by atoms with van der Waals surface area (Å²) in [4.78, 5) is 13.1. The van der Waals surface area contributed by atoms with E-state index in [1.165, 1.54) is 11.3 Å². The summed E-state index contributed by atoms with van der Waals surface area (Å²) in [6.07, 6.45) is 2.08. The second-order valence-corrected chi connectivity index (χ2v) is 4.42. The molecule has 2 heterocycles. The van der Waals surface area contributed by atoms with E-state index >= 15 is 0 Å². The number of aryl methyl sites for hydroxylation is 1. The van der Waals surface area contributed by atoms with Crippen LogP contribution in [0.15, 0.2) is 22.6 Å². The van der Waals surface area contributed by atoms with Crippen LogP contribution < -0.4 is 4.90 Å². The molecule has 1 aliphatic heterocycles. The molecule has 88 valence electrons. The van der Waals surface area contributed by atoms with E-state index in [4.69, 9.17) is 9.52 Å². The number of benzene rings is 1. The molecule has 0 amide bonds. The van der Waals surface area contributed by atoms with Gasteiger partial charge in [-0.05, 0) is 36.6 Å². The van der Waals surface area contributed by atoms with Crippen LogP contribution in [-0.2, 0) is 6.42 Å². The number of anilines is 1. The van der Waals surface area contributed by atoms with Crippen molar-refractivity contribution in [1.82, 2.24) is 0 Å². The lowest BCUT2D eigenvalue weighted by atomic mass is 9.98. The molecule has 1 aromatic heterocycles. The highest BCUT2D eigenvalue weighted by atomic mass is 16.4. The normalized spacial score (nSPS) is 15.0. The maximum absolute atomic E-state index is 10.9. The van der Waals surface area contributed by atoms with Gasteiger partial charge in [-0.25, -0.2) is 4.79 Å². The monoisotopic (exact) mass is 231 g/mol. The van der Waals surface area contributed by atoms with Crippen molar-refractivity contribution in [1.29, 1.82) is 0 Å². The topological polar surface area (TPSA) is 53.7 Å². The zero-order valence-electron chi connectivity index (χ0n) is 9.56. The van der Waals surface area contributed by atoms with E-state index in [1.807, 2.05) is 12.1 Å². The first-order chi connectivity index (χ1) is 8.16. The van der Waals surface area contributed by atoms with Crippen LogP contribution in [0.2, 0.25) is 0 Å². The fourth-order valence-electron chi connectivity index (χ4n) is 2.50. The maximum atomic E-state index is 10.9. The van der Waals surface area contributed by atoms with Crippen molar-refractivity contribution in [2.45, 2.75) is 12.8 Å². The van der Waals surface area contributed by atoms with Crippen molar-refractivity contribution in [3.8, 4) is 0 Å². The molecule has 0 bridgehead atoms. The smallest absolute Gasteiger partial charge is 0.371 e. The van der Waals surface area contributed by atoms with Gasteiger partial charge in [0.05, 0.1) is 0 Å². The average Bonchev–Trinajstić information content (AvgIpc) is 2.73. The molecule has 4 nitrogen and oxygen atoms in total. The number of hydrogen-bond donors (Lipinski definition) is 1. The summed E-state index contributed by atoms with van der Waals surface area (Å²) < 4.78 is 5.31. The SMILES string of the molecule is CN1CCCc2c1ccc1oc(C(=O)O)cc21. The van der Waals surface area contributed by atoms with Gasteiger partial charge in [-0.3, -0.25) is 0 Å². The zero-order valence-corrected chi connectivity index (χ0v) is 9.56. The third-order valence-corrected chi connectivity index (χ3v) is 3.33. The highest BCUT2D eigenvalue weighted by molar-refractivity contribution is 5.95. The summed E-state index contributed by atoms with van der Waals surface area (Å²) in [6.45, 7) is 1.04. The molecule has 17 heavy (non-hydrogen) atoms. The number of carboxylic acid groups (broad SMARTS) is 1. The fourth-order valence-corrected chi connectivity index (χ4v) is 2.50. The zero-order chi connectivity index (χ0) is 12.0. The van der Waals surface area contributed by atoms with Gasteiger partial charge in [-0.2, -0.15) is 0 Å². The Morgan fingerprint density at radius 1 is 1.47 bits per heavy atom. The summed E-state index contributed by atoms with van der Waals surface area (Å²) in [5.41, 5.74) is 3.05. The Hall–Kier alpha value is -1.97. The molecule has 0 radical (unpaired) electrons. The number of fused-ring (bicyclic) bond motifs is 3. The predicted molar refractivity (Wildman–Crippen MR) is 64.8 cm³/mol. The van der Waals surface area contributed by atoms with Gasteiger partial charge in [0.25, 0.3) is 0 Å². The van der Waals surface area contributed by atoms with Crippen molar-refractivity contribution in [3.05, 3.63) is 29.5 Å². The molecule has 0 spiro atoms. The minimum atomic E-state index is -1.01. The van der Waals surface area contributed by atoms with Crippen molar-refractivity contribution in [3.63, 3.8) is 0 Å². The lowest BCUT2D eigenvalue weighted by molar-refractivity contribution is 0.0665. The number of hydrogen-bond acceptors (Lipinski definition) is 3. The van der Waals surface area contributed by atoms with Crippen LogP contribution in [0.5, 0.6) is 0 Å². The molecular weight excluding hydrogens is 218 g/mol. The first-order valence-electron chi connectivity index (χ1n) is 5.66. The first-order valence-corrected chi connectivity index (χ1v) is 5.66. The summed E-state index contributed by atoms with van der Waals surface area (Å²) in [5.74, 6) is -0.999. The van der Waals surface area contributed by atoms with E-state index < -0.39 is 5.97 Å². The van der Waals surface area contributed by atoms with E-state index in [-0.39, 0.29) is 5.76 Å². The highest BCUT2D eigenvalue weighted by Gasteiger charge is 2.19. The Kier molecular flexibility index (Phi) is 2.11. The van der Waals surface area contributed by atoms with Gasteiger partial charge >= 0.3 is 5.97 Å². The van der Waals surface area contributed by atoms with Crippen molar-refractivity contribution in [2.75, 3.05) is 18.5 Å².